The Balaban J connectivity index is 3.41. The quantitative estimate of drug-likeness (QED) is 0.917. The lowest BCUT2D eigenvalue weighted by molar-refractivity contribution is 0.402. The minimum absolute atomic E-state index is 0.326. The highest BCUT2D eigenvalue weighted by Crippen LogP contribution is 2.36. The van der Waals surface area contributed by atoms with E-state index in [0.717, 1.165) is 15.8 Å². The molecule has 1 rings (SSSR count). The number of hydrogen-bond acceptors (Lipinski definition) is 2. The van der Waals surface area contributed by atoms with Crippen molar-refractivity contribution in [3.8, 4) is 5.75 Å². The van der Waals surface area contributed by atoms with Crippen molar-refractivity contribution < 1.29 is 4.74 Å². The third-order valence-corrected chi connectivity index (χ3v) is 3.59. The average molecular weight is 272 g/mol. The van der Waals surface area contributed by atoms with Crippen molar-refractivity contribution >= 4 is 15.9 Å². The molecule has 0 heterocycles. The van der Waals surface area contributed by atoms with Gasteiger partial charge in [-0.2, -0.15) is 0 Å². The van der Waals surface area contributed by atoms with Crippen molar-refractivity contribution in [3.63, 3.8) is 0 Å². The Hall–Kier alpha value is -0.540. The van der Waals surface area contributed by atoms with E-state index in [1.165, 1.54) is 11.1 Å². The monoisotopic (exact) mass is 271 g/mol. The van der Waals surface area contributed by atoms with Gasteiger partial charge in [0.2, 0.25) is 0 Å². The van der Waals surface area contributed by atoms with Gasteiger partial charge in [-0.15, -0.1) is 0 Å². The lowest BCUT2D eigenvalue weighted by Crippen LogP contribution is -2.12. The van der Waals surface area contributed by atoms with Gasteiger partial charge in [0.15, 0.2) is 0 Å². The average Bonchev–Trinajstić information content (AvgIpc) is 2.21. The molecule has 0 bridgehead atoms. The fourth-order valence-corrected chi connectivity index (χ4v) is 2.38. The molecule has 1 unspecified atom stereocenters. The van der Waals surface area contributed by atoms with Crippen LogP contribution in [-0.4, -0.2) is 13.7 Å². The van der Waals surface area contributed by atoms with Crippen LogP contribution in [0.1, 0.15) is 29.5 Å². The molecule has 0 aromatic heterocycles. The lowest BCUT2D eigenvalue weighted by Gasteiger charge is -2.19. The number of methoxy groups -OCH3 is 1. The van der Waals surface area contributed by atoms with Crippen LogP contribution in [-0.2, 0) is 0 Å². The number of halogens is 1. The van der Waals surface area contributed by atoms with E-state index in [-0.39, 0.29) is 0 Å². The lowest BCUT2D eigenvalue weighted by atomic mass is 9.93. The zero-order chi connectivity index (χ0) is 11.6. The second kappa shape index (κ2) is 4.99. The van der Waals surface area contributed by atoms with E-state index in [9.17, 15) is 0 Å². The maximum atomic E-state index is 5.72. The summed E-state index contributed by atoms with van der Waals surface area (Å²) in [6, 6.07) is 2.12. The zero-order valence-electron chi connectivity index (χ0n) is 9.73. The molecule has 84 valence electrons. The Morgan fingerprint density at radius 1 is 1.47 bits per heavy atom. The van der Waals surface area contributed by atoms with Crippen LogP contribution < -0.4 is 10.5 Å². The maximum Gasteiger partial charge on any atom is 0.126 e. The Labute approximate surface area is 99.9 Å². The second-order valence-corrected chi connectivity index (χ2v) is 4.74. The first-order valence-electron chi connectivity index (χ1n) is 5.06. The Kier molecular flexibility index (Phi) is 4.17. The topological polar surface area (TPSA) is 35.2 Å². The molecule has 0 amide bonds. The summed E-state index contributed by atoms with van der Waals surface area (Å²) in [5, 5.41) is 0. The molecule has 1 atom stereocenters. The molecule has 0 radical (unpaired) electrons. The SMILES string of the molecule is COc1c(C)c(Br)cc(C)c1C(C)CN. The molecule has 0 fully saturated rings. The molecule has 0 aliphatic heterocycles. The highest BCUT2D eigenvalue weighted by atomic mass is 79.9. The summed E-state index contributed by atoms with van der Waals surface area (Å²) in [5.74, 6) is 1.28. The van der Waals surface area contributed by atoms with Gasteiger partial charge in [0, 0.05) is 15.6 Å². The summed E-state index contributed by atoms with van der Waals surface area (Å²) in [6.07, 6.45) is 0. The molecule has 15 heavy (non-hydrogen) atoms. The minimum atomic E-state index is 0.326. The number of rotatable bonds is 3. The number of nitrogens with two attached hydrogens (primary N) is 1. The van der Waals surface area contributed by atoms with Gasteiger partial charge in [0.25, 0.3) is 0 Å². The van der Waals surface area contributed by atoms with E-state index in [4.69, 9.17) is 10.5 Å². The third kappa shape index (κ3) is 2.34. The van der Waals surface area contributed by atoms with Gasteiger partial charge >= 0.3 is 0 Å². The van der Waals surface area contributed by atoms with Crippen LogP contribution >= 0.6 is 15.9 Å². The predicted octanol–water partition coefficient (Wildman–Crippen LogP) is 3.14. The highest BCUT2D eigenvalue weighted by Gasteiger charge is 2.17. The minimum Gasteiger partial charge on any atom is -0.496 e. The molecule has 0 aliphatic carbocycles. The van der Waals surface area contributed by atoms with Gasteiger partial charge in [-0.3, -0.25) is 0 Å². The summed E-state index contributed by atoms with van der Waals surface area (Å²) in [6.45, 7) is 6.90. The van der Waals surface area contributed by atoms with Gasteiger partial charge in [0.1, 0.15) is 5.75 Å². The van der Waals surface area contributed by atoms with Crippen LogP contribution in [0.25, 0.3) is 0 Å². The Morgan fingerprint density at radius 3 is 2.53 bits per heavy atom. The molecule has 1 aromatic rings. The van der Waals surface area contributed by atoms with Crippen LogP contribution in [0.3, 0.4) is 0 Å². The van der Waals surface area contributed by atoms with E-state index in [2.05, 4.69) is 42.8 Å². The molecule has 1 aromatic carbocycles. The summed E-state index contributed by atoms with van der Waals surface area (Å²) >= 11 is 3.53. The van der Waals surface area contributed by atoms with Crippen LogP contribution in [0.2, 0.25) is 0 Å². The van der Waals surface area contributed by atoms with E-state index in [1.807, 2.05) is 0 Å². The van der Waals surface area contributed by atoms with E-state index >= 15 is 0 Å². The molecule has 0 saturated carbocycles. The zero-order valence-corrected chi connectivity index (χ0v) is 11.3. The fraction of sp³-hybridized carbons (Fsp3) is 0.500. The van der Waals surface area contributed by atoms with Crippen LogP contribution in [0.15, 0.2) is 10.5 Å². The second-order valence-electron chi connectivity index (χ2n) is 3.88. The van der Waals surface area contributed by atoms with E-state index < -0.39 is 0 Å². The number of benzene rings is 1. The number of ether oxygens (including phenoxy) is 1. The largest absolute Gasteiger partial charge is 0.496 e. The van der Waals surface area contributed by atoms with Crippen molar-refractivity contribution in [2.75, 3.05) is 13.7 Å². The molecule has 0 aliphatic rings. The summed E-state index contributed by atoms with van der Waals surface area (Å²) in [5.41, 5.74) is 9.30. The maximum absolute atomic E-state index is 5.72. The summed E-state index contributed by atoms with van der Waals surface area (Å²) in [7, 11) is 1.71. The molecule has 0 spiro atoms. The molecular weight excluding hydrogens is 254 g/mol. The fourth-order valence-electron chi connectivity index (χ4n) is 1.86. The van der Waals surface area contributed by atoms with E-state index in [0.29, 0.717) is 12.5 Å². The Morgan fingerprint density at radius 2 is 2.07 bits per heavy atom. The van der Waals surface area contributed by atoms with Crippen molar-refractivity contribution in [2.45, 2.75) is 26.7 Å². The summed E-state index contributed by atoms with van der Waals surface area (Å²) < 4.78 is 6.56. The van der Waals surface area contributed by atoms with Crippen LogP contribution in [0.5, 0.6) is 5.75 Å². The molecular formula is C12H18BrNO. The standard InChI is InChI=1S/C12H18BrNO/c1-7-5-10(13)9(3)12(15-4)11(7)8(2)6-14/h5,8H,6,14H2,1-4H3. The van der Waals surface area contributed by atoms with Crippen molar-refractivity contribution in [1.29, 1.82) is 0 Å². The van der Waals surface area contributed by atoms with Crippen LogP contribution in [0, 0.1) is 13.8 Å². The first kappa shape index (κ1) is 12.5. The highest BCUT2D eigenvalue weighted by molar-refractivity contribution is 9.10. The van der Waals surface area contributed by atoms with Crippen molar-refractivity contribution in [2.24, 2.45) is 5.73 Å². The number of aryl methyl sites for hydroxylation is 1. The van der Waals surface area contributed by atoms with Gasteiger partial charge < -0.3 is 10.5 Å². The third-order valence-electron chi connectivity index (χ3n) is 2.76. The van der Waals surface area contributed by atoms with Gasteiger partial charge in [-0.05, 0) is 37.9 Å². The predicted molar refractivity (Wildman–Crippen MR) is 67.6 cm³/mol. The smallest absolute Gasteiger partial charge is 0.126 e. The van der Waals surface area contributed by atoms with Crippen molar-refractivity contribution in [3.05, 3.63) is 27.2 Å². The first-order chi connectivity index (χ1) is 7.02. The molecule has 0 saturated heterocycles. The first-order valence-corrected chi connectivity index (χ1v) is 5.85. The van der Waals surface area contributed by atoms with E-state index in [1.54, 1.807) is 7.11 Å². The number of hydrogen-bond donors (Lipinski definition) is 1. The van der Waals surface area contributed by atoms with Gasteiger partial charge in [0.05, 0.1) is 7.11 Å². The van der Waals surface area contributed by atoms with Crippen LogP contribution in [0.4, 0.5) is 0 Å². The Bertz CT molecular complexity index is 363. The molecule has 2 nitrogen and oxygen atoms in total. The molecule has 2 N–H and O–H groups in total. The van der Waals surface area contributed by atoms with Crippen molar-refractivity contribution in [1.82, 2.24) is 0 Å². The molecule has 3 heteroatoms. The van der Waals surface area contributed by atoms with Gasteiger partial charge in [-0.1, -0.05) is 22.9 Å². The summed E-state index contributed by atoms with van der Waals surface area (Å²) in [4.78, 5) is 0. The van der Waals surface area contributed by atoms with Gasteiger partial charge in [-0.25, -0.2) is 0 Å². The normalized spacial score (nSPS) is 12.7.